The summed E-state index contributed by atoms with van der Waals surface area (Å²) in [6.45, 7) is 1.83. The topological polar surface area (TPSA) is 33.2 Å². The van der Waals surface area contributed by atoms with Gasteiger partial charge in [-0.3, -0.25) is 4.79 Å². The Labute approximate surface area is 122 Å². The molecule has 0 N–H and O–H groups in total. The fourth-order valence-electron chi connectivity index (χ4n) is 3.53. The van der Waals surface area contributed by atoms with E-state index in [2.05, 4.69) is 20.9 Å². The number of amides is 1. The number of likely N-dealkylation sites (tertiary alicyclic amines) is 1. The molecule has 0 atom stereocenters. The van der Waals surface area contributed by atoms with Crippen molar-refractivity contribution in [2.75, 3.05) is 13.1 Å². The van der Waals surface area contributed by atoms with Crippen LogP contribution in [0.4, 0.5) is 0 Å². The van der Waals surface area contributed by atoms with Gasteiger partial charge in [-0.1, -0.05) is 12.8 Å². The van der Waals surface area contributed by atoms with Gasteiger partial charge in [-0.2, -0.15) is 0 Å². The molecule has 0 aromatic carbocycles. The number of carbonyl (C=O) groups is 1. The summed E-state index contributed by atoms with van der Waals surface area (Å²) in [5.74, 6) is 0.149. The predicted molar refractivity (Wildman–Crippen MR) is 78.0 cm³/mol. The SMILES string of the molecule is O=C(c1ccnc(Br)c1)N1CCC2(CCCC2)CC1. The van der Waals surface area contributed by atoms with Gasteiger partial charge < -0.3 is 4.90 Å². The molecule has 19 heavy (non-hydrogen) atoms. The van der Waals surface area contributed by atoms with Gasteiger partial charge >= 0.3 is 0 Å². The lowest BCUT2D eigenvalue weighted by Gasteiger charge is -2.39. The number of hydrogen-bond donors (Lipinski definition) is 0. The van der Waals surface area contributed by atoms with E-state index >= 15 is 0 Å². The summed E-state index contributed by atoms with van der Waals surface area (Å²) in [5, 5.41) is 0. The lowest BCUT2D eigenvalue weighted by molar-refractivity contribution is 0.0587. The molecule has 1 amide bonds. The third kappa shape index (κ3) is 2.69. The van der Waals surface area contributed by atoms with Crippen molar-refractivity contribution < 1.29 is 4.79 Å². The summed E-state index contributed by atoms with van der Waals surface area (Å²) in [6, 6.07) is 3.61. The fourth-order valence-corrected chi connectivity index (χ4v) is 3.89. The molecule has 1 aliphatic carbocycles. The Morgan fingerprint density at radius 3 is 2.53 bits per heavy atom. The van der Waals surface area contributed by atoms with Crippen LogP contribution in [-0.4, -0.2) is 28.9 Å². The zero-order chi connectivity index (χ0) is 13.3. The van der Waals surface area contributed by atoms with E-state index in [1.165, 1.54) is 38.5 Å². The van der Waals surface area contributed by atoms with Gasteiger partial charge in [-0.15, -0.1) is 0 Å². The highest BCUT2D eigenvalue weighted by molar-refractivity contribution is 9.10. The number of rotatable bonds is 1. The lowest BCUT2D eigenvalue weighted by Crippen LogP contribution is -2.42. The molecule has 0 unspecified atom stereocenters. The van der Waals surface area contributed by atoms with Crippen LogP contribution in [-0.2, 0) is 0 Å². The molecule has 1 saturated heterocycles. The van der Waals surface area contributed by atoms with Crippen molar-refractivity contribution in [3.05, 3.63) is 28.5 Å². The van der Waals surface area contributed by atoms with Crippen LogP contribution < -0.4 is 0 Å². The van der Waals surface area contributed by atoms with Crippen molar-refractivity contribution in [1.29, 1.82) is 0 Å². The van der Waals surface area contributed by atoms with Crippen molar-refractivity contribution in [1.82, 2.24) is 9.88 Å². The van der Waals surface area contributed by atoms with E-state index < -0.39 is 0 Å². The Kier molecular flexibility index (Phi) is 3.61. The average Bonchev–Trinajstić information content (AvgIpc) is 2.87. The Hall–Kier alpha value is -0.900. The van der Waals surface area contributed by atoms with E-state index in [9.17, 15) is 4.79 Å². The molecule has 2 fully saturated rings. The highest BCUT2D eigenvalue weighted by Gasteiger charge is 2.38. The largest absolute Gasteiger partial charge is 0.339 e. The molecular formula is C15H19BrN2O. The van der Waals surface area contributed by atoms with Crippen LogP contribution in [0.2, 0.25) is 0 Å². The van der Waals surface area contributed by atoms with Gasteiger partial charge in [0.15, 0.2) is 0 Å². The zero-order valence-corrected chi connectivity index (χ0v) is 12.7. The van der Waals surface area contributed by atoms with Crippen LogP contribution in [0, 0.1) is 5.41 Å². The monoisotopic (exact) mass is 322 g/mol. The summed E-state index contributed by atoms with van der Waals surface area (Å²) >= 11 is 3.32. The first-order chi connectivity index (χ1) is 9.19. The zero-order valence-electron chi connectivity index (χ0n) is 11.1. The van der Waals surface area contributed by atoms with Crippen LogP contribution in [0.5, 0.6) is 0 Å². The van der Waals surface area contributed by atoms with Crippen molar-refractivity contribution in [2.24, 2.45) is 5.41 Å². The molecule has 0 radical (unpaired) electrons. The maximum absolute atomic E-state index is 12.4. The molecule has 3 nitrogen and oxygen atoms in total. The molecule has 0 bridgehead atoms. The van der Waals surface area contributed by atoms with Gasteiger partial charge in [0, 0.05) is 24.8 Å². The number of carbonyl (C=O) groups excluding carboxylic acids is 1. The normalized spacial score (nSPS) is 21.8. The fraction of sp³-hybridized carbons (Fsp3) is 0.600. The van der Waals surface area contributed by atoms with E-state index in [-0.39, 0.29) is 5.91 Å². The van der Waals surface area contributed by atoms with Crippen LogP contribution >= 0.6 is 15.9 Å². The quantitative estimate of drug-likeness (QED) is 0.739. The first kappa shape index (κ1) is 13.1. The van der Waals surface area contributed by atoms with Crippen LogP contribution in [0.3, 0.4) is 0 Å². The van der Waals surface area contributed by atoms with Crippen molar-refractivity contribution in [2.45, 2.75) is 38.5 Å². The molecule has 102 valence electrons. The maximum Gasteiger partial charge on any atom is 0.254 e. The van der Waals surface area contributed by atoms with Crippen LogP contribution in [0.1, 0.15) is 48.9 Å². The Bertz CT molecular complexity index is 473. The van der Waals surface area contributed by atoms with E-state index in [1.54, 1.807) is 12.3 Å². The van der Waals surface area contributed by atoms with Gasteiger partial charge in [0.05, 0.1) is 0 Å². The van der Waals surface area contributed by atoms with Crippen LogP contribution in [0.25, 0.3) is 0 Å². The van der Waals surface area contributed by atoms with Gasteiger partial charge in [-0.25, -0.2) is 4.98 Å². The smallest absolute Gasteiger partial charge is 0.254 e. The van der Waals surface area contributed by atoms with Gasteiger partial charge in [0.25, 0.3) is 5.91 Å². The second-order valence-electron chi connectivity index (χ2n) is 5.87. The number of piperidine rings is 1. The van der Waals surface area contributed by atoms with Crippen LogP contribution in [0.15, 0.2) is 22.9 Å². The minimum Gasteiger partial charge on any atom is -0.339 e. The highest BCUT2D eigenvalue weighted by atomic mass is 79.9. The lowest BCUT2D eigenvalue weighted by atomic mass is 9.77. The van der Waals surface area contributed by atoms with Crippen molar-refractivity contribution >= 4 is 21.8 Å². The average molecular weight is 323 g/mol. The maximum atomic E-state index is 12.4. The van der Waals surface area contributed by atoms with E-state index in [0.29, 0.717) is 5.41 Å². The molecular weight excluding hydrogens is 304 g/mol. The standard InChI is InChI=1S/C15H19BrN2O/c16-13-11-12(3-8-17-13)14(19)18-9-6-15(7-10-18)4-1-2-5-15/h3,8,11H,1-2,4-7,9-10H2. The Balaban J connectivity index is 1.66. The molecule has 1 aromatic heterocycles. The van der Waals surface area contributed by atoms with Crippen molar-refractivity contribution in [3.8, 4) is 0 Å². The molecule has 1 saturated carbocycles. The van der Waals surface area contributed by atoms with E-state index in [4.69, 9.17) is 0 Å². The minimum atomic E-state index is 0.149. The Morgan fingerprint density at radius 1 is 1.21 bits per heavy atom. The van der Waals surface area contributed by atoms with E-state index in [0.717, 1.165) is 23.3 Å². The number of hydrogen-bond acceptors (Lipinski definition) is 2. The summed E-state index contributed by atoms with van der Waals surface area (Å²) < 4.78 is 0.725. The van der Waals surface area contributed by atoms with E-state index in [1.807, 2.05) is 11.0 Å². The molecule has 1 spiro atoms. The molecule has 4 heteroatoms. The van der Waals surface area contributed by atoms with Gasteiger partial charge in [0.2, 0.25) is 0 Å². The molecule has 3 rings (SSSR count). The molecule has 1 aromatic rings. The highest BCUT2D eigenvalue weighted by Crippen LogP contribution is 2.46. The second kappa shape index (κ2) is 5.23. The van der Waals surface area contributed by atoms with Gasteiger partial charge in [-0.05, 0) is 59.2 Å². The second-order valence-corrected chi connectivity index (χ2v) is 6.68. The third-order valence-corrected chi connectivity index (χ3v) is 5.18. The summed E-state index contributed by atoms with van der Waals surface area (Å²) in [6.07, 6.45) is 9.55. The van der Waals surface area contributed by atoms with Gasteiger partial charge in [0.1, 0.15) is 4.60 Å². The summed E-state index contributed by atoms with van der Waals surface area (Å²) in [4.78, 5) is 18.5. The number of halogens is 1. The minimum absolute atomic E-state index is 0.149. The number of pyridine rings is 1. The number of aromatic nitrogens is 1. The molecule has 1 aliphatic heterocycles. The summed E-state index contributed by atoms with van der Waals surface area (Å²) in [7, 11) is 0. The summed E-state index contributed by atoms with van der Waals surface area (Å²) in [5.41, 5.74) is 1.31. The third-order valence-electron chi connectivity index (χ3n) is 4.75. The molecule has 2 aliphatic rings. The predicted octanol–water partition coefficient (Wildman–Crippen LogP) is 3.64. The molecule has 2 heterocycles. The first-order valence-corrected chi connectivity index (χ1v) is 7.89. The Morgan fingerprint density at radius 2 is 1.89 bits per heavy atom. The number of nitrogens with zero attached hydrogens (tertiary/aromatic N) is 2. The first-order valence-electron chi connectivity index (χ1n) is 7.09. The van der Waals surface area contributed by atoms with Crippen molar-refractivity contribution in [3.63, 3.8) is 0 Å².